The van der Waals surface area contributed by atoms with E-state index in [1.165, 1.54) is 0 Å². The standard InChI is InChI=1S/C16H22N6O/c1-4-13-19-20-14-6-5-12(10-22(13)14)18-16(23)11-7-8-17-15(9-11)21(2)3/h7-9,12H,4-6,10H2,1-3H3,(H,18,23). The molecule has 2 aromatic rings. The Kier molecular flexibility index (Phi) is 4.27. The Bertz CT molecular complexity index is 695. The van der Waals surface area contributed by atoms with Gasteiger partial charge in [-0.1, -0.05) is 6.92 Å². The molecular weight excluding hydrogens is 292 g/mol. The Morgan fingerprint density at radius 3 is 3.00 bits per heavy atom. The maximum Gasteiger partial charge on any atom is 0.251 e. The van der Waals surface area contributed by atoms with Crippen molar-refractivity contribution in [3.8, 4) is 0 Å². The normalized spacial score (nSPS) is 16.7. The first-order chi connectivity index (χ1) is 11.1. The highest BCUT2D eigenvalue weighted by atomic mass is 16.1. The highest BCUT2D eigenvalue weighted by Crippen LogP contribution is 2.16. The van der Waals surface area contributed by atoms with E-state index >= 15 is 0 Å². The van der Waals surface area contributed by atoms with Gasteiger partial charge in [-0.15, -0.1) is 10.2 Å². The van der Waals surface area contributed by atoms with Crippen molar-refractivity contribution in [3.63, 3.8) is 0 Å². The summed E-state index contributed by atoms with van der Waals surface area (Å²) in [6, 6.07) is 3.65. The number of anilines is 1. The van der Waals surface area contributed by atoms with Gasteiger partial charge in [0.15, 0.2) is 0 Å². The number of pyridine rings is 1. The number of aromatic nitrogens is 4. The molecule has 1 unspecified atom stereocenters. The first-order valence-electron chi connectivity index (χ1n) is 7.93. The van der Waals surface area contributed by atoms with Gasteiger partial charge in [-0.3, -0.25) is 4.79 Å². The Morgan fingerprint density at radius 2 is 2.26 bits per heavy atom. The van der Waals surface area contributed by atoms with E-state index in [2.05, 4.69) is 32.0 Å². The van der Waals surface area contributed by atoms with Crippen molar-refractivity contribution in [2.75, 3.05) is 19.0 Å². The zero-order valence-corrected chi connectivity index (χ0v) is 13.8. The number of fused-ring (bicyclic) bond motifs is 1. The lowest BCUT2D eigenvalue weighted by molar-refractivity contribution is 0.0927. The van der Waals surface area contributed by atoms with Crippen LogP contribution >= 0.6 is 0 Å². The van der Waals surface area contributed by atoms with Crippen LogP contribution in [-0.4, -0.2) is 45.8 Å². The maximum atomic E-state index is 12.5. The Morgan fingerprint density at radius 1 is 1.43 bits per heavy atom. The van der Waals surface area contributed by atoms with Crippen molar-refractivity contribution in [3.05, 3.63) is 35.5 Å². The van der Waals surface area contributed by atoms with Gasteiger partial charge in [0.2, 0.25) is 0 Å². The summed E-state index contributed by atoms with van der Waals surface area (Å²) in [5, 5.41) is 11.5. The molecule has 0 aliphatic carbocycles. The van der Waals surface area contributed by atoms with E-state index in [9.17, 15) is 4.79 Å². The minimum Gasteiger partial charge on any atom is -0.363 e. The smallest absolute Gasteiger partial charge is 0.251 e. The fourth-order valence-corrected chi connectivity index (χ4v) is 2.84. The second-order valence-corrected chi connectivity index (χ2v) is 6.00. The topological polar surface area (TPSA) is 75.9 Å². The summed E-state index contributed by atoms with van der Waals surface area (Å²) in [7, 11) is 3.82. The van der Waals surface area contributed by atoms with E-state index in [0.717, 1.165) is 43.3 Å². The number of hydrogen-bond donors (Lipinski definition) is 1. The second-order valence-electron chi connectivity index (χ2n) is 6.00. The minimum absolute atomic E-state index is 0.0601. The molecule has 0 radical (unpaired) electrons. The third kappa shape index (κ3) is 3.18. The van der Waals surface area contributed by atoms with Gasteiger partial charge >= 0.3 is 0 Å². The number of nitrogens with one attached hydrogen (secondary N) is 1. The van der Waals surface area contributed by atoms with Crippen molar-refractivity contribution in [2.45, 2.75) is 38.8 Å². The van der Waals surface area contributed by atoms with Gasteiger partial charge in [0, 0.05) is 51.3 Å². The van der Waals surface area contributed by atoms with Crippen molar-refractivity contribution in [1.29, 1.82) is 0 Å². The zero-order chi connectivity index (χ0) is 16.4. The first-order valence-corrected chi connectivity index (χ1v) is 7.93. The lowest BCUT2D eigenvalue weighted by Gasteiger charge is -2.25. The monoisotopic (exact) mass is 314 g/mol. The summed E-state index contributed by atoms with van der Waals surface area (Å²) in [6.45, 7) is 2.81. The largest absolute Gasteiger partial charge is 0.363 e. The van der Waals surface area contributed by atoms with Crippen molar-refractivity contribution >= 4 is 11.7 Å². The molecule has 7 heteroatoms. The van der Waals surface area contributed by atoms with Gasteiger partial charge in [-0.2, -0.15) is 0 Å². The molecule has 0 spiro atoms. The van der Waals surface area contributed by atoms with E-state index in [4.69, 9.17) is 0 Å². The number of carbonyl (C=O) groups is 1. The van der Waals surface area contributed by atoms with Gasteiger partial charge in [-0.05, 0) is 18.6 Å². The predicted octanol–water partition coefficient (Wildman–Crippen LogP) is 1.05. The Labute approximate surface area is 135 Å². The molecule has 23 heavy (non-hydrogen) atoms. The summed E-state index contributed by atoms with van der Waals surface area (Å²) < 4.78 is 2.13. The van der Waals surface area contributed by atoms with Crippen molar-refractivity contribution in [1.82, 2.24) is 25.1 Å². The van der Waals surface area contributed by atoms with Crippen LogP contribution in [0.5, 0.6) is 0 Å². The van der Waals surface area contributed by atoms with Gasteiger partial charge < -0.3 is 14.8 Å². The summed E-state index contributed by atoms with van der Waals surface area (Å²) in [5.41, 5.74) is 0.633. The van der Waals surface area contributed by atoms with E-state index in [0.29, 0.717) is 5.56 Å². The molecule has 0 aromatic carbocycles. The molecule has 1 aliphatic rings. The van der Waals surface area contributed by atoms with Crippen LogP contribution in [-0.2, 0) is 19.4 Å². The third-order valence-electron chi connectivity index (χ3n) is 4.14. The van der Waals surface area contributed by atoms with Gasteiger partial charge in [0.1, 0.15) is 17.5 Å². The lowest BCUT2D eigenvalue weighted by Crippen LogP contribution is -2.41. The number of nitrogens with zero attached hydrogens (tertiary/aromatic N) is 5. The highest BCUT2D eigenvalue weighted by Gasteiger charge is 2.24. The third-order valence-corrected chi connectivity index (χ3v) is 4.14. The fraction of sp³-hybridized carbons (Fsp3) is 0.500. The molecule has 3 heterocycles. The summed E-state index contributed by atoms with van der Waals surface area (Å²) in [6.07, 6.45) is 4.25. The molecular formula is C16H22N6O. The molecule has 0 fully saturated rings. The van der Waals surface area contributed by atoms with E-state index < -0.39 is 0 Å². The average molecular weight is 314 g/mol. The second kappa shape index (κ2) is 6.36. The fourth-order valence-electron chi connectivity index (χ4n) is 2.84. The number of rotatable bonds is 4. The van der Waals surface area contributed by atoms with Crippen LogP contribution in [0.3, 0.4) is 0 Å². The lowest BCUT2D eigenvalue weighted by atomic mass is 10.1. The van der Waals surface area contributed by atoms with Crippen LogP contribution in [0.25, 0.3) is 0 Å². The quantitative estimate of drug-likeness (QED) is 0.913. The Balaban J connectivity index is 1.70. The highest BCUT2D eigenvalue weighted by molar-refractivity contribution is 5.95. The summed E-state index contributed by atoms with van der Waals surface area (Å²) >= 11 is 0. The number of carbonyl (C=O) groups excluding carboxylic acids is 1. The van der Waals surface area contributed by atoms with Crippen LogP contribution in [0.4, 0.5) is 5.82 Å². The predicted molar refractivity (Wildman–Crippen MR) is 87.5 cm³/mol. The van der Waals surface area contributed by atoms with Crippen molar-refractivity contribution in [2.24, 2.45) is 0 Å². The van der Waals surface area contributed by atoms with E-state index in [-0.39, 0.29) is 11.9 Å². The average Bonchev–Trinajstić information content (AvgIpc) is 2.97. The Hall–Kier alpha value is -2.44. The first kappa shape index (κ1) is 15.5. The number of aryl methyl sites for hydroxylation is 2. The molecule has 1 atom stereocenters. The number of hydrogen-bond acceptors (Lipinski definition) is 5. The molecule has 0 bridgehead atoms. The SMILES string of the molecule is CCc1nnc2n1CC(NC(=O)c1ccnc(N(C)C)c1)CC2. The molecule has 2 aromatic heterocycles. The van der Waals surface area contributed by atoms with Crippen LogP contribution in [0.2, 0.25) is 0 Å². The summed E-state index contributed by atoms with van der Waals surface area (Å²) in [4.78, 5) is 18.6. The molecule has 0 saturated carbocycles. The van der Waals surface area contributed by atoms with Gasteiger partial charge in [0.25, 0.3) is 5.91 Å². The molecule has 3 rings (SSSR count). The van der Waals surface area contributed by atoms with Gasteiger partial charge in [-0.25, -0.2) is 4.98 Å². The van der Waals surface area contributed by atoms with Gasteiger partial charge in [0.05, 0.1) is 0 Å². The van der Waals surface area contributed by atoms with Crippen LogP contribution in [0, 0.1) is 0 Å². The van der Waals surface area contributed by atoms with Crippen LogP contribution < -0.4 is 10.2 Å². The molecule has 0 saturated heterocycles. The number of amides is 1. The van der Waals surface area contributed by atoms with E-state index in [1.54, 1.807) is 18.3 Å². The molecule has 7 nitrogen and oxygen atoms in total. The van der Waals surface area contributed by atoms with Crippen LogP contribution in [0.1, 0.15) is 35.4 Å². The minimum atomic E-state index is -0.0601. The maximum absolute atomic E-state index is 12.5. The molecule has 1 aliphatic heterocycles. The molecule has 1 amide bonds. The summed E-state index contributed by atoms with van der Waals surface area (Å²) in [5.74, 6) is 2.72. The van der Waals surface area contributed by atoms with E-state index in [1.807, 2.05) is 19.0 Å². The zero-order valence-electron chi connectivity index (χ0n) is 13.8. The van der Waals surface area contributed by atoms with Crippen molar-refractivity contribution < 1.29 is 4.79 Å². The van der Waals surface area contributed by atoms with Crippen LogP contribution in [0.15, 0.2) is 18.3 Å². The molecule has 1 N–H and O–H groups in total. The molecule has 122 valence electrons.